The zero-order chi connectivity index (χ0) is 21.6. The fraction of sp³-hybridized carbons (Fsp3) is 0.250. The fourth-order valence-corrected chi connectivity index (χ4v) is 4.39. The highest BCUT2D eigenvalue weighted by molar-refractivity contribution is 9.10. The van der Waals surface area contributed by atoms with Crippen molar-refractivity contribution < 1.29 is 18.3 Å². The van der Waals surface area contributed by atoms with Gasteiger partial charge >= 0.3 is 6.61 Å². The molecule has 0 saturated heterocycles. The Hall–Kier alpha value is -2.05. The van der Waals surface area contributed by atoms with Gasteiger partial charge in [0.1, 0.15) is 17.2 Å². The molecule has 0 radical (unpaired) electrons. The predicted octanol–water partition coefficient (Wildman–Crippen LogP) is 8.05. The van der Waals surface area contributed by atoms with E-state index in [0.29, 0.717) is 0 Å². The summed E-state index contributed by atoms with van der Waals surface area (Å²) in [6.07, 6.45) is 0. The number of alkyl halides is 2. The first-order valence-corrected chi connectivity index (χ1v) is 11.4. The summed E-state index contributed by atoms with van der Waals surface area (Å²) in [7, 11) is 0. The largest absolute Gasteiger partial charge is 0.457 e. The van der Waals surface area contributed by atoms with Gasteiger partial charge in [-0.2, -0.15) is 20.5 Å². The maximum Gasteiger partial charge on any atom is 0.387 e. The second-order valence-electron chi connectivity index (χ2n) is 7.48. The molecule has 0 fully saturated rings. The van der Waals surface area contributed by atoms with Crippen LogP contribution in [0.2, 0.25) is 0 Å². The van der Waals surface area contributed by atoms with Crippen molar-refractivity contribution in [1.82, 2.24) is 0 Å². The molecule has 0 N–H and O–H groups in total. The minimum absolute atomic E-state index is 0.0977. The maximum atomic E-state index is 12.3. The third-order valence-corrected chi connectivity index (χ3v) is 6.53. The SMILES string of the molecule is CC(C)(CSCc1cccc(Oc2ccc(Br)cc2)c1)c1ccc(OC(F)F)cc1. The quantitative estimate of drug-likeness (QED) is 0.301. The van der Waals surface area contributed by atoms with Crippen molar-refractivity contribution in [1.29, 1.82) is 0 Å². The molecule has 30 heavy (non-hydrogen) atoms. The van der Waals surface area contributed by atoms with Crippen LogP contribution < -0.4 is 9.47 Å². The molecule has 0 bridgehead atoms. The van der Waals surface area contributed by atoms with Crippen LogP contribution in [0.1, 0.15) is 25.0 Å². The van der Waals surface area contributed by atoms with E-state index < -0.39 is 6.61 Å². The first kappa shape index (κ1) is 22.6. The lowest BCUT2D eigenvalue weighted by molar-refractivity contribution is -0.0498. The molecule has 3 rings (SSSR count). The Morgan fingerprint density at radius 3 is 2.23 bits per heavy atom. The molecule has 0 atom stereocenters. The van der Waals surface area contributed by atoms with Crippen LogP contribution in [0.15, 0.2) is 77.3 Å². The monoisotopic (exact) mass is 492 g/mol. The van der Waals surface area contributed by atoms with Crippen LogP contribution in [0.25, 0.3) is 0 Å². The van der Waals surface area contributed by atoms with Gasteiger partial charge in [-0.1, -0.05) is 54.0 Å². The number of benzene rings is 3. The highest BCUT2D eigenvalue weighted by Crippen LogP contribution is 2.31. The highest BCUT2D eigenvalue weighted by Gasteiger charge is 2.21. The molecule has 0 spiro atoms. The van der Waals surface area contributed by atoms with E-state index in [0.717, 1.165) is 33.0 Å². The molecule has 0 unspecified atom stereocenters. The lowest BCUT2D eigenvalue weighted by Gasteiger charge is -2.25. The zero-order valence-corrected chi connectivity index (χ0v) is 19.2. The second-order valence-corrected chi connectivity index (χ2v) is 9.38. The van der Waals surface area contributed by atoms with Crippen molar-refractivity contribution >= 4 is 27.7 Å². The van der Waals surface area contributed by atoms with Gasteiger partial charge in [0.2, 0.25) is 0 Å². The summed E-state index contributed by atoms with van der Waals surface area (Å²) in [5.41, 5.74) is 2.18. The first-order valence-electron chi connectivity index (χ1n) is 9.47. The fourth-order valence-electron chi connectivity index (χ4n) is 2.93. The number of rotatable bonds is 9. The van der Waals surface area contributed by atoms with Crippen molar-refractivity contribution in [2.24, 2.45) is 0 Å². The molecule has 0 heterocycles. The van der Waals surface area contributed by atoms with Crippen molar-refractivity contribution in [2.45, 2.75) is 31.6 Å². The van der Waals surface area contributed by atoms with E-state index in [4.69, 9.17) is 4.74 Å². The average molecular weight is 493 g/mol. The van der Waals surface area contributed by atoms with Crippen LogP contribution >= 0.6 is 27.7 Å². The molecule has 0 saturated carbocycles. The first-order chi connectivity index (χ1) is 14.3. The van der Waals surface area contributed by atoms with Crippen LogP contribution in [0, 0.1) is 0 Å². The smallest absolute Gasteiger partial charge is 0.387 e. The molecule has 0 aliphatic carbocycles. The average Bonchev–Trinajstić information content (AvgIpc) is 2.70. The Labute approximate surface area is 188 Å². The van der Waals surface area contributed by atoms with E-state index in [2.05, 4.69) is 46.6 Å². The minimum atomic E-state index is -2.80. The lowest BCUT2D eigenvalue weighted by Crippen LogP contribution is -2.20. The molecule has 0 aromatic heterocycles. The van der Waals surface area contributed by atoms with E-state index in [1.54, 1.807) is 12.1 Å². The van der Waals surface area contributed by atoms with E-state index >= 15 is 0 Å². The van der Waals surface area contributed by atoms with E-state index in [1.165, 1.54) is 5.56 Å². The van der Waals surface area contributed by atoms with Crippen LogP contribution in [-0.4, -0.2) is 12.4 Å². The number of ether oxygens (including phenoxy) is 2. The topological polar surface area (TPSA) is 18.5 Å². The lowest BCUT2D eigenvalue weighted by atomic mass is 9.87. The van der Waals surface area contributed by atoms with Crippen LogP contribution in [0.4, 0.5) is 8.78 Å². The van der Waals surface area contributed by atoms with E-state index in [-0.39, 0.29) is 11.2 Å². The molecule has 6 heteroatoms. The summed E-state index contributed by atoms with van der Waals surface area (Å²) in [6, 6.07) is 22.7. The highest BCUT2D eigenvalue weighted by atomic mass is 79.9. The maximum absolute atomic E-state index is 12.3. The molecular formula is C24H23BrF2O2S. The van der Waals surface area contributed by atoms with Crippen molar-refractivity contribution in [3.05, 3.63) is 88.4 Å². The third kappa shape index (κ3) is 6.74. The molecule has 0 amide bonds. The Morgan fingerprint density at radius 1 is 0.900 bits per heavy atom. The van der Waals surface area contributed by atoms with Gasteiger partial charge in [0.25, 0.3) is 0 Å². The van der Waals surface area contributed by atoms with E-state index in [1.807, 2.05) is 60.3 Å². The number of thioether (sulfide) groups is 1. The number of halogens is 3. The van der Waals surface area contributed by atoms with Crippen LogP contribution in [-0.2, 0) is 11.2 Å². The molecule has 0 aliphatic heterocycles. The van der Waals surface area contributed by atoms with Gasteiger partial charge in [0.05, 0.1) is 0 Å². The van der Waals surface area contributed by atoms with Gasteiger partial charge in [-0.3, -0.25) is 0 Å². The Bertz CT molecular complexity index is 944. The Balaban J connectivity index is 1.55. The van der Waals surface area contributed by atoms with Crippen LogP contribution in [0.3, 0.4) is 0 Å². The van der Waals surface area contributed by atoms with Crippen LogP contribution in [0.5, 0.6) is 17.2 Å². The summed E-state index contributed by atoms with van der Waals surface area (Å²) >= 11 is 5.25. The van der Waals surface area contributed by atoms with Gasteiger partial charge in [-0.25, -0.2) is 0 Å². The van der Waals surface area contributed by atoms with Crippen molar-refractivity contribution in [3.63, 3.8) is 0 Å². The molecule has 3 aromatic rings. The second kappa shape index (κ2) is 10.3. The standard InChI is InChI=1S/C24H23BrF2O2S/c1-24(2,18-6-10-21(11-7-18)29-23(26)27)16-30-15-17-4-3-5-22(14-17)28-20-12-8-19(25)9-13-20/h3-14,23H,15-16H2,1-2H3. The Kier molecular flexibility index (Phi) is 7.78. The van der Waals surface area contributed by atoms with Gasteiger partial charge < -0.3 is 9.47 Å². The molecule has 3 aromatic carbocycles. The molecule has 158 valence electrons. The third-order valence-electron chi connectivity index (χ3n) is 4.54. The van der Waals surface area contributed by atoms with Gasteiger partial charge in [0.15, 0.2) is 0 Å². The Morgan fingerprint density at radius 2 is 1.57 bits per heavy atom. The molecule has 2 nitrogen and oxygen atoms in total. The number of hydrogen-bond acceptors (Lipinski definition) is 3. The summed E-state index contributed by atoms with van der Waals surface area (Å²) in [5, 5.41) is 0. The minimum Gasteiger partial charge on any atom is -0.457 e. The summed E-state index contributed by atoms with van der Waals surface area (Å²) < 4.78 is 36.0. The van der Waals surface area contributed by atoms with Crippen molar-refractivity contribution in [2.75, 3.05) is 5.75 Å². The van der Waals surface area contributed by atoms with Gasteiger partial charge in [-0.05, 0) is 65.1 Å². The van der Waals surface area contributed by atoms with Gasteiger partial charge in [-0.15, -0.1) is 0 Å². The zero-order valence-electron chi connectivity index (χ0n) is 16.8. The van der Waals surface area contributed by atoms with Gasteiger partial charge in [0, 0.05) is 16.0 Å². The summed E-state index contributed by atoms with van der Waals surface area (Å²) in [4.78, 5) is 0. The normalized spacial score (nSPS) is 11.5. The molecular weight excluding hydrogens is 470 g/mol. The summed E-state index contributed by atoms with van der Waals surface area (Å²) in [6.45, 7) is 1.49. The van der Waals surface area contributed by atoms with Crippen molar-refractivity contribution in [3.8, 4) is 17.2 Å². The van der Waals surface area contributed by atoms with E-state index in [9.17, 15) is 8.78 Å². The predicted molar refractivity (Wildman–Crippen MR) is 123 cm³/mol. The number of hydrogen-bond donors (Lipinski definition) is 0. The molecule has 0 aliphatic rings. The summed E-state index contributed by atoms with van der Waals surface area (Å²) in [5.74, 6) is 3.53.